The number of nitrogens with zero attached hydrogens (tertiary/aromatic N) is 2. The summed E-state index contributed by atoms with van der Waals surface area (Å²) in [6, 6.07) is 0. The zero-order valence-corrected chi connectivity index (χ0v) is 6.73. The summed E-state index contributed by atoms with van der Waals surface area (Å²) in [6.07, 6.45) is 4.28. The lowest BCUT2D eigenvalue weighted by Gasteiger charge is -2.12. The molecule has 1 atom stereocenters. The van der Waals surface area contributed by atoms with Crippen molar-refractivity contribution in [3.63, 3.8) is 0 Å². The van der Waals surface area contributed by atoms with Crippen LogP contribution in [0.3, 0.4) is 0 Å². The van der Waals surface area contributed by atoms with E-state index < -0.39 is 6.10 Å². The summed E-state index contributed by atoms with van der Waals surface area (Å²) in [5.41, 5.74) is 0.780. The zero-order chi connectivity index (χ0) is 8.27. The molecule has 0 aliphatic carbocycles. The molecule has 1 unspecified atom stereocenters. The maximum Gasteiger partial charge on any atom is 0.115 e. The summed E-state index contributed by atoms with van der Waals surface area (Å²) < 4.78 is 0. The van der Waals surface area contributed by atoms with Crippen molar-refractivity contribution in [2.24, 2.45) is 5.92 Å². The van der Waals surface area contributed by atoms with Crippen LogP contribution in [0.2, 0.25) is 0 Å². The Balaban J connectivity index is 2.77. The third kappa shape index (κ3) is 1.98. The second-order valence-electron chi connectivity index (χ2n) is 2.86. The highest BCUT2D eigenvalue weighted by atomic mass is 16.3. The largest absolute Gasteiger partial charge is 0.388 e. The Labute approximate surface area is 66.1 Å². The molecule has 3 nitrogen and oxygen atoms in total. The van der Waals surface area contributed by atoms with Crippen LogP contribution in [0, 0.1) is 5.92 Å². The van der Waals surface area contributed by atoms with Gasteiger partial charge in [0.1, 0.15) is 6.33 Å². The summed E-state index contributed by atoms with van der Waals surface area (Å²) >= 11 is 0. The van der Waals surface area contributed by atoms with Gasteiger partial charge in [0.05, 0.1) is 6.10 Å². The van der Waals surface area contributed by atoms with E-state index in [9.17, 15) is 5.11 Å². The van der Waals surface area contributed by atoms with Gasteiger partial charge in [-0.3, -0.25) is 0 Å². The van der Waals surface area contributed by atoms with Gasteiger partial charge in [0.15, 0.2) is 0 Å². The number of hydrogen-bond acceptors (Lipinski definition) is 3. The van der Waals surface area contributed by atoms with Crippen LogP contribution in [-0.4, -0.2) is 15.1 Å². The maximum atomic E-state index is 9.52. The molecular weight excluding hydrogens is 140 g/mol. The fourth-order valence-electron chi connectivity index (χ4n) is 0.848. The van der Waals surface area contributed by atoms with Gasteiger partial charge in [-0.2, -0.15) is 0 Å². The quantitative estimate of drug-likeness (QED) is 0.691. The molecule has 0 aromatic carbocycles. The first-order chi connectivity index (χ1) is 5.22. The third-order valence-corrected chi connectivity index (χ3v) is 1.55. The summed E-state index contributed by atoms with van der Waals surface area (Å²) in [7, 11) is 0. The molecule has 1 rings (SSSR count). The first-order valence-corrected chi connectivity index (χ1v) is 3.65. The lowest BCUT2D eigenvalue weighted by molar-refractivity contribution is 0.126. The summed E-state index contributed by atoms with van der Waals surface area (Å²) in [6.45, 7) is 3.91. The van der Waals surface area contributed by atoms with Crippen LogP contribution in [0.1, 0.15) is 25.5 Å². The summed E-state index contributed by atoms with van der Waals surface area (Å²) in [4.78, 5) is 7.63. The minimum atomic E-state index is -0.448. The Morgan fingerprint density at radius 2 is 1.82 bits per heavy atom. The van der Waals surface area contributed by atoms with Gasteiger partial charge < -0.3 is 5.11 Å². The molecule has 11 heavy (non-hydrogen) atoms. The van der Waals surface area contributed by atoms with Gasteiger partial charge in [-0.25, -0.2) is 9.97 Å². The number of aromatic nitrogens is 2. The fourth-order valence-corrected chi connectivity index (χ4v) is 0.848. The minimum absolute atomic E-state index is 0.209. The van der Waals surface area contributed by atoms with E-state index in [1.807, 2.05) is 13.8 Å². The first-order valence-electron chi connectivity index (χ1n) is 3.65. The Morgan fingerprint density at radius 1 is 1.27 bits per heavy atom. The van der Waals surface area contributed by atoms with Crippen molar-refractivity contribution < 1.29 is 5.11 Å². The molecule has 0 fully saturated rings. The van der Waals surface area contributed by atoms with Gasteiger partial charge in [0.25, 0.3) is 0 Å². The average Bonchev–Trinajstić information content (AvgIpc) is 2.05. The van der Waals surface area contributed by atoms with Crippen molar-refractivity contribution in [1.82, 2.24) is 9.97 Å². The van der Waals surface area contributed by atoms with Crippen LogP contribution in [0.5, 0.6) is 0 Å². The number of hydrogen-bond donors (Lipinski definition) is 1. The maximum absolute atomic E-state index is 9.52. The predicted molar refractivity (Wildman–Crippen MR) is 41.8 cm³/mol. The first kappa shape index (κ1) is 8.14. The third-order valence-electron chi connectivity index (χ3n) is 1.55. The normalized spacial score (nSPS) is 13.5. The van der Waals surface area contributed by atoms with E-state index in [1.54, 1.807) is 12.4 Å². The van der Waals surface area contributed by atoms with Crippen LogP contribution in [0.4, 0.5) is 0 Å². The second kappa shape index (κ2) is 3.44. The monoisotopic (exact) mass is 152 g/mol. The van der Waals surface area contributed by atoms with Crippen molar-refractivity contribution in [2.75, 3.05) is 0 Å². The molecule has 1 N–H and O–H groups in total. The van der Waals surface area contributed by atoms with Gasteiger partial charge >= 0.3 is 0 Å². The average molecular weight is 152 g/mol. The smallest absolute Gasteiger partial charge is 0.115 e. The fraction of sp³-hybridized carbons (Fsp3) is 0.500. The van der Waals surface area contributed by atoms with E-state index in [-0.39, 0.29) is 5.92 Å². The SMILES string of the molecule is CC(C)C(O)c1cncnc1. The lowest BCUT2D eigenvalue weighted by Crippen LogP contribution is -2.05. The van der Waals surface area contributed by atoms with Crippen molar-refractivity contribution in [1.29, 1.82) is 0 Å². The number of rotatable bonds is 2. The van der Waals surface area contributed by atoms with E-state index in [4.69, 9.17) is 0 Å². The van der Waals surface area contributed by atoms with Crippen LogP contribution in [0.15, 0.2) is 18.7 Å². The van der Waals surface area contributed by atoms with Crippen molar-refractivity contribution in [2.45, 2.75) is 20.0 Å². The van der Waals surface area contributed by atoms with Gasteiger partial charge in [0.2, 0.25) is 0 Å². The van der Waals surface area contributed by atoms with E-state index in [1.165, 1.54) is 6.33 Å². The molecule has 3 heteroatoms. The van der Waals surface area contributed by atoms with Crippen LogP contribution >= 0.6 is 0 Å². The molecule has 0 saturated carbocycles. The van der Waals surface area contributed by atoms with Crippen molar-refractivity contribution in [3.05, 3.63) is 24.3 Å². The van der Waals surface area contributed by atoms with E-state index in [0.717, 1.165) is 5.56 Å². The molecular formula is C8H12N2O. The van der Waals surface area contributed by atoms with Gasteiger partial charge in [0, 0.05) is 18.0 Å². The molecule has 0 saturated heterocycles. The molecule has 0 aliphatic rings. The number of aliphatic hydroxyl groups is 1. The second-order valence-corrected chi connectivity index (χ2v) is 2.86. The minimum Gasteiger partial charge on any atom is -0.388 e. The van der Waals surface area contributed by atoms with Crippen LogP contribution in [-0.2, 0) is 0 Å². The molecule has 0 spiro atoms. The summed E-state index contributed by atoms with van der Waals surface area (Å²) in [5.74, 6) is 0.209. The molecule has 0 amide bonds. The van der Waals surface area contributed by atoms with Gasteiger partial charge in [-0.15, -0.1) is 0 Å². The Morgan fingerprint density at radius 3 is 2.27 bits per heavy atom. The molecule has 1 aromatic heterocycles. The highest BCUT2D eigenvalue weighted by Crippen LogP contribution is 2.18. The predicted octanol–water partition coefficient (Wildman–Crippen LogP) is 1.17. The van der Waals surface area contributed by atoms with E-state index >= 15 is 0 Å². The van der Waals surface area contributed by atoms with Crippen molar-refractivity contribution >= 4 is 0 Å². The topological polar surface area (TPSA) is 46.0 Å². The Hall–Kier alpha value is -0.960. The van der Waals surface area contributed by atoms with E-state index in [2.05, 4.69) is 9.97 Å². The molecule has 0 aliphatic heterocycles. The lowest BCUT2D eigenvalue weighted by atomic mass is 10.0. The molecule has 60 valence electrons. The van der Waals surface area contributed by atoms with Gasteiger partial charge in [-0.1, -0.05) is 13.8 Å². The Bertz CT molecular complexity index is 211. The van der Waals surface area contributed by atoms with E-state index in [0.29, 0.717) is 0 Å². The van der Waals surface area contributed by atoms with Crippen LogP contribution in [0.25, 0.3) is 0 Å². The molecule has 0 radical (unpaired) electrons. The number of aliphatic hydroxyl groups excluding tert-OH is 1. The molecule has 1 heterocycles. The highest BCUT2D eigenvalue weighted by Gasteiger charge is 2.11. The van der Waals surface area contributed by atoms with Crippen molar-refractivity contribution in [3.8, 4) is 0 Å². The van der Waals surface area contributed by atoms with Gasteiger partial charge in [-0.05, 0) is 5.92 Å². The Kier molecular flexibility index (Phi) is 2.54. The molecule has 1 aromatic rings. The standard InChI is InChI=1S/C8H12N2O/c1-6(2)8(11)7-3-9-5-10-4-7/h3-6,8,11H,1-2H3. The zero-order valence-electron chi connectivity index (χ0n) is 6.73. The molecule has 0 bridgehead atoms. The summed E-state index contributed by atoms with van der Waals surface area (Å²) in [5, 5.41) is 9.52. The highest BCUT2D eigenvalue weighted by molar-refractivity contribution is 5.06. The van der Waals surface area contributed by atoms with Crippen LogP contribution < -0.4 is 0 Å².